The highest BCUT2D eigenvalue weighted by molar-refractivity contribution is 5.98. The fourth-order valence-corrected chi connectivity index (χ4v) is 3.97. The molecule has 0 spiro atoms. The molecule has 2 aliphatic rings. The predicted molar refractivity (Wildman–Crippen MR) is 120 cm³/mol. The zero-order valence-electron chi connectivity index (χ0n) is 18.5. The fourth-order valence-electron chi connectivity index (χ4n) is 3.97. The van der Waals surface area contributed by atoms with Crippen molar-refractivity contribution in [3.8, 4) is 5.75 Å². The highest BCUT2D eigenvalue weighted by Gasteiger charge is 2.28. The standard InChI is InChI=1S/C24H22FN5O4/c1-15-12-21(28-34-15)24(32)30-10-8-29(9-11-30)23(31)19-13-17(6-7-20(19)25)33-22-18-5-3-2-4-16(18)14-26-27-22/h2-7,12-13,26H,8-11,14H2,1H3. The summed E-state index contributed by atoms with van der Waals surface area (Å²) in [6.07, 6.45) is 0. The summed E-state index contributed by atoms with van der Waals surface area (Å²) in [5.41, 5.74) is 4.91. The summed E-state index contributed by atoms with van der Waals surface area (Å²) in [6.45, 7) is 3.47. The summed E-state index contributed by atoms with van der Waals surface area (Å²) < 4.78 is 25.5. The van der Waals surface area contributed by atoms with E-state index in [1.807, 2.05) is 24.3 Å². The van der Waals surface area contributed by atoms with Crippen LogP contribution in [0, 0.1) is 12.7 Å². The molecule has 0 aliphatic carbocycles. The Morgan fingerprint density at radius 3 is 2.50 bits per heavy atom. The summed E-state index contributed by atoms with van der Waals surface area (Å²) in [7, 11) is 0. The third kappa shape index (κ3) is 4.21. The van der Waals surface area contributed by atoms with Crippen molar-refractivity contribution in [1.29, 1.82) is 0 Å². The zero-order chi connectivity index (χ0) is 23.7. The van der Waals surface area contributed by atoms with E-state index in [-0.39, 0.29) is 30.3 Å². The highest BCUT2D eigenvalue weighted by Crippen LogP contribution is 2.23. The van der Waals surface area contributed by atoms with Gasteiger partial charge in [-0.15, -0.1) is 5.10 Å². The molecule has 0 unspecified atom stereocenters. The average molecular weight is 463 g/mol. The van der Waals surface area contributed by atoms with Gasteiger partial charge in [-0.25, -0.2) is 4.39 Å². The number of hydrazone groups is 1. The van der Waals surface area contributed by atoms with Gasteiger partial charge in [0, 0.05) is 37.8 Å². The minimum absolute atomic E-state index is 0.0953. The van der Waals surface area contributed by atoms with Crippen LogP contribution in [-0.4, -0.2) is 58.8 Å². The molecule has 9 nitrogen and oxygen atoms in total. The number of fused-ring (bicyclic) bond motifs is 1. The Balaban J connectivity index is 1.27. The van der Waals surface area contributed by atoms with Crippen molar-refractivity contribution in [3.63, 3.8) is 0 Å². The van der Waals surface area contributed by atoms with Gasteiger partial charge < -0.3 is 24.5 Å². The molecular formula is C24H22FN5O4. The smallest absolute Gasteiger partial charge is 0.276 e. The van der Waals surface area contributed by atoms with E-state index >= 15 is 0 Å². The Kier molecular flexibility index (Phi) is 5.70. The first kappa shape index (κ1) is 21.6. The van der Waals surface area contributed by atoms with E-state index in [4.69, 9.17) is 9.26 Å². The number of halogens is 1. The number of carbonyl (C=O) groups is 2. The lowest BCUT2D eigenvalue weighted by atomic mass is 10.1. The second kappa shape index (κ2) is 8.97. The van der Waals surface area contributed by atoms with Crippen LogP contribution in [0.5, 0.6) is 5.75 Å². The first-order valence-electron chi connectivity index (χ1n) is 10.9. The Morgan fingerprint density at radius 1 is 1.03 bits per heavy atom. The first-order chi connectivity index (χ1) is 16.5. The van der Waals surface area contributed by atoms with Crippen LogP contribution in [0.1, 0.15) is 37.7 Å². The molecule has 3 heterocycles. The lowest BCUT2D eigenvalue weighted by Crippen LogP contribution is -2.50. The summed E-state index contributed by atoms with van der Waals surface area (Å²) in [5, 5.41) is 7.96. The van der Waals surface area contributed by atoms with Gasteiger partial charge in [-0.2, -0.15) is 0 Å². The van der Waals surface area contributed by atoms with E-state index in [1.165, 1.54) is 23.1 Å². The van der Waals surface area contributed by atoms with Crippen LogP contribution in [-0.2, 0) is 6.54 Å². The maximum Gasteiger partial charge on any atom is 0.276 e. The van der Waals surface area contributed by atoms with Gasteiger partial charge in [-0.3, -0.25) is 9.59 Å². The number of amides is 2. The summed E-state index contributed by atoms with van der Waals surface area (Å²) in [5.74, 6) is -0.158. The minimum Gasteiger partial charge on any atom is -0.437 e. The normalized spacial score (nSPS) is 15.3. The molecule has 1 aromatic heterocycles. The molecule has 2 amide bonds. The molecule has 1 saturated heterocycles. The van der Waals surface area contributed by atoms with Crippen molar-refractivity contribution in [2.24, 2.45) is 5.10 Å². The van der Waals surface area contributed by atoms with Gasteiger partial charge in [0.25, 0.3) is 11.8 Å². The number of ether oxygens (including phenoxy) is 1. The van der Waals surface area contributed by atoms with Crippen molar-refractivity contribution in [2.45, 2.75) is 13.5 Å². The van der Waals surface area contributed by atoms with Gasteiger partial charge in [0.15, 0.2) is 5.69 Å². The molecule has 0 atom stereocenters. The largest absolute Gasteiger partial charge is 0.437 e. The van der Waals surface area contributed by atoms with Gasteiger partial charge in [0.2, 0.25) is 5.90 Å². The molecular weight excluding hydrogens is 441 g/mol. The topological polar surface area (TPSA) is 100 Å². The molecule has 1 N–H and O–H groups in total. The van der Waals surface area contributed by atoms with Gasteiger partial charge in [0.05, 0.1) is 12.1 Å². The molecule has 2 aromatic carbocycles. The zero-order valence-corrected chi connectivity index (χ0v) is 18.5. The molecule has 0 radical (unpaired) electrons. The monoisotopic (exact) mass is 463 g/mol. The number of carbonyl (C=O) groups excluding carboxylic acids is 2. The van der Waals surface area contributed by atoms with Gasteiger partial charge >= 0.3 is 0 Å². The molecule has 174 valence electrons. The highest BCUT2D eigenvalue weighted by atomic mass is 19.1. The van der Waals surface area contributed by atoms with Crippen LogP contribution in [0.3, 0.4) is 0 Å². The molecule has 10 heteroatoms. The number of benzene rings is 2. The third-order valence-corrected chi connectivity index (χ3v) is 5.78. The molecule has 2 aliphatic heterocycles. The molecule has 0 bridgehead atoms. The van der Waals surface area contributed by atoms with Crippen molar-refractivity contribution in [2.75, 3.05) is 26.2 Å². The summed E-state index contributed by atoms with van der Waals surface area (Å²) in [6, 6.07) is 13.3. The summed E-state index contributed by atoms with van der Waals surface area (Å²) >= 11 is 0. The van der Waals surface area contributed by atoms with Gasteiger partial charge in [-0.1, -0.05) is 23.4 Å². The second-order valence-corrected chi connectivity index (χ2v) is 8.06. The van der Waals surface area contributed by atoms with Crippen LogP contribution in [0.15, 0.2) is 58.2 Å². The number of aromatic nitrogens is 1. The van der Waals surface area contributed by atoms with E-state index in [1.54, 1.807) is 17.9 Å². The Bertz CT molecular complexity index is 1280. The Hall–Kier alpha value is -4.21. The lowest BCUT2D eigenvalue weighted by Gasteiger charge is -2.34. The third-order valence-electron chi connectivity index (χ3n) is 5.78. The van der Waals surface area contributed by atoms with Crippen molar-refractivity contribution < 1.29 is 23.2 Å². The summed E-state index contributed by atoms with van der Waals surface area (Å²) in [4.78, 5) is 28.7. The fraction of sp³-hybridized carbons (Fsp3) is 0.250. The van der Waals surface area contributed by atoms with Crippen LogP contribution >= 0.6 is 0 Å². The molecule has 3 aromatic rings. The first-order valence-corrected chi connectivity index (χ1v) is 10.9. The number of piperazine rings is 1. The Labute approximate surface area is 194 Å². The second-order valence-electron chi connectivity index (χ2n) is 8.06. The van der Waals surface area contributed by atoms with E-state index < -0.39 is 11.7 Å². The average Bonchev–Trinajstić information content (AvgIpc) is 3.31. The number of hydrogen-bond donors (Lipinski definition) is 1. The molecule has 5 rings (SSSR count). The van der Waals surface area contributed by atoms with E-state index in [9.17, 15) is 14.0 Å². The van der Waals surface area contributed by atoms with E-state index in [2.05, 4.69) is 15.7 Å². The van der Waals surface area contributed by atoms with Crippen molar-refractivity contribution >= 4 is 17.7 Å². The number of rotatable bonds is 3. The minimum atomic E-state index is -0.641. The van der Waals surface area contributed by atoms with Crippen LogP contribution in [0.25, 0.3) is 0 Å². The maximum atomic E-state index is 14.6. The maximum absolute atomic E-state index is 14.6. The predicted octanol–water partition coefficient (Wildman–Crippen LogP) is 2.56. The Morgan fingerprint density at radius 2 is 1.76 bits per heavy atom. The van der Waals surface area contributed by atoms with Crippen molar-refractivity contribution in [3.05, 3.63) is 82.5 Å². The molecule has 0 saturated carbocycles. The van der Waals surface area contributed by atoms with Gasteiger partial charge in [0.1, 0.15) is 17.3 Å². The quantitative estimate of drug-likeness (QED) is 0.641. The number of nitrogens with zero attached hydrogens (tertiary/aromatic N) is 4. The van der Waals surface area contributed by atoms with Crippen LogP contribution < -0.4 is 10.2 Å². The van der Waals surface area contributed by atoms with Gasteiger partial charge in [-0.05, 0) is 36.8 Å². The van der Waals surface area contributed by atoms with Crippen LogP contribution in [0.2, 0.25) is 0 Å². The van der Waals surface area contributed by atoms with Crippen molar-refractivity contribution in [1.82, 2.24) is 20.4 Å². The van der Waals surface area contributed by atoms with E-state index in [0.717, 1.165) is 11.1 Å². The molecule has 34 heavy (non-hydrogen) atoms. The number of hydrogen-bond acceptors (Lipinski definition) is 7. The molecule has 1 fully saturated rings. The number of aryl methyl sites for hydroxylation is 1. The lowest BCUT2D eigenvalue weighted by molar-refractivity contribution is 0.0527. The van der Waals surface area contributed by atoms with E-state index in [0.29, 0.717) is 37.0 Å². The number of nitrogens with one attached hydrogen (secondary N) is 1. The van der Waals surface area contributed by atoms with Crippen LogP contribution in [0.4, 0.5) is 4.39 Å². The SMILES string of the molecule is Cc1cc(C(=O)N2CCN(C(=O)c3cc(OC4=NNCc5ccccc54)ccc3F)CC2)no1.